The maximum absolute atomic E-state index is 5.43. The van der Waals surface area contributed by atoms with E-state index in [-0.39, 0.29) is 0 Å². The molecule has 0 rings (SSSR count). The third-order valence-corrected chi connectivity index (χ3v) is 2.08. The number of hydrogen-bond acceptors (Lipinski definition) is 2. The van der Waals surface area contributed by atoms with Gasteiger partial charge in [-0.3, -0.25) is 0 Å². The molecule has 0 aliphatic carbocycles. The molecule has 1 N–H and O–H groups in total. The number of ether oxygens (including phenoxy) is 1. The van der Waals surface area contributed by atoms with Gasteiger partial charge in [-0.25, -0.2) is 0 Å². The Hall–Kier alpha value is -0.340. The molecule has 14 heavy (non-hydrogen) atoms. The van der Waals surface area contributed by atoms with Crippen LogP contribution in [-0.4, -0.2) is 26.3 Å². The van der Waals surface area contributed by atoms with Crippen molar-refractivity contribution in [2.75, 3.05) is 26.3 Å². The highest BCUT2D eigenvalue weighted by molar-refractivity contribution is 4.64. The van der Waals surface area contributed by atoms with E-state index < -0.39 is 0 Å². The molecule has 0 heterocycles. The van der Waals surface area contributed by atoms with Crippen LogP contribution < -0.4 is 5.32 Å². The minimum Gasteiger partial charge on any atom is -0.380 e. The average molecular weight is 199 g/mol. The fourth-order valence-corrected chi connectivity index (χ4v) is 1.20. The zero-order chi connectivity index (χ0) is 10.5. The third-order valence-electron chi connectivity index (χ3n) is 2.08. The molecule has 2 nitrogen and oxygen atoms in total. The average Bonchev–Trinajstić information content (AvgIpc) is 2.21. The van der Waals surface area contributed by atoms with Gasteiger partial charge in [0.25, 0.3) is 0 Å². The van der Waals surface area contributed by atoms with Crippen molar-refractivity contribution >= 4 is 0 Å². The first-order valence-corrected chi connectivity index (χ1v) is 5.81. The lowest BCUT2D eigenvalue weighted by molar-refractivity contribution is 0.134. The first-order chi connectivity index (χ1) is 6.91. The van der Waals surface area contributed by atoms with E-state index in [1.807, 2.05) is 6.08 Å². The molecule has 0 aromatic carbocycles. The molecule has 0 unspecified atom stereocenters. The lowest BCUT2D eigenvalue weighted by Gasteiger charge is -2.05. The minimum atomic E-state index is 0.837. The largest absolute Gasteiger partial charge is 0.380 e. The van der Waals surface area contributed by atoms with Gasteiger partial charge in [-0.2, -0.15) is 0 Å². The summed E-state index contributed by atoms with van der Waals surface area (Å²) in [6.45, 7) is 9.71. The van der Waals surface area contributed by atoms with Crippen LogP contribution in [0, 0.1) is 0 Å². The van der Waals surface area contributed by atoms with Gasteiger partial charge in [0, 0.05) is 13.2 Å². The van der Waals surface area contributed by atoms with Gasteiger partial charge < -0.3 is 10.1 Å². The van der Waals surface area contributed by atoms with Crippen molar-refractivity contribution in [3.8, 4) is 0 Å². The standard InChI is InChI=1S/C12H25NO/c1-3-5-7-9-13-10-12-14-11-8-6-4-2/h4,13H,2-3,5-12H2,1H3. The fraction of sp³-hybridized carbons (Fsp3) is 0.833. The van der Waals surface area contributed by atoms with Crippen molar-refractivity contribution in [3.63, 3.8) is 0 Å². The Labute approximate surface area is 88.7 Å². The lowest BCUT2D eigenvalue weighted by atomic mass is 10.2. The van der Waals surface area contributed by atoms with Gasteiger partial charge in [-0.1, -0.05) is 25.8 Å². The SMILES string of the molecule is C=CCCCOCCNCCCCC. The number of nitrogens with one attached hydrogen (secondary N) is 1. The minimum absolute atomic E-state index is 0.837. The van der Waals surface area contributed by atoms with Gasteiger partial charge in [0.15, 0.2) is 0 Å². The predicted octanol–water partition coefficient (Wildman–Crippen LogP) is 2.75. The molecule has 0 amide bonds. The Balaban J connectivity index is 2.81. The normalized spacial score (nSPS) is 10.4. The van der Waals surface area contributed by atoms with E-state index in [0.717, 1.165) is 39.1 Å². The van der Waals surface area contributed by atoms with Crippen LogP contribution in [0.3, 0.4) is 0 Å². The van der Waals surface area contributed by atoms with Crippen LogP contribution >= 0.6 is 0 Å². The van der Waals surface area contributed by atoms with Crippen LogP contribution in [-0.2, 0) is 4.74 Å². The summed E-state index contributed by atoms with van der Waals surface area (Å²) in [5, 5.41) is 3.37. The topological polar surface area (TPSA) is 21.3 Å². The van der Waals surface area contributed by atoms with Crippen molar-refractivity contribution < 1.29 is 4.74 Å². The molecule has 0 aromatic heterocycles. The third kappa shape index (κ3) is 11.7. The summed E-state index contributed by atoms with van der Waals surface area (Å²) in [4.78, 5) is 0. The zero-order valence-electron chi connectivity index (χ0n) is 9.56. The number of allylic oxidation sites excluding steroid dienone is 1. The van der Waals surface area contributed by atoms with Crippen molar-refractivity contribution in [2.45, 2.75) is 39.0 Å². The molecule has 0 saturated carbocycles. The molecule has 0 fully saturated rings. The van der Waals surface area contributed by atoms with Crippen LogP contribution in [0.25, 0.3) is 0 Å². The van der Waals surface area contributed by atoms with Crippen LogP contribution in [0.4, 0.5) is 0 Å². The first kappa shape index (κ1) is 13.7. The Bertz CT molecular complexity index is 115. The van der Waals surface area contributed by atoms with E-state index in [9.17, 15) is 0 Å². The molecule has 0 aromatic rings. The van der Waals surface area contributed by atoms with Crippen molar-refractivity contribution in [1.29, 1.82) is 0 Å². The van der Waals surface area contributed by atoms with Crippen molar-refractivity contribution in [1.82, 2.24) is 5.32 Å². The van der Waals surface area contributed by atoms with Gasteiger partial charge in [0.05, 0.1) is 6.61 Å². The monoisotopic (exact) mass is 199 g/mol. The maximum atomic E-state index is 5.43. The van der Waals surface area contributed by atoms with E-state index in [1.165, 1.54) is 19.3 Å². The Kier molecular flexibility index (Phi) is 12.4. The summed E-state index contributed by atoms with van der Waals surface area (Å²) in [7, 11) is 0. The molecular weight excluding hydrogens is 174 g/mol. The van der Waals surface area contributed by atoms with Crippen LogP contribution in [0.1, 0.15) is 39.0 Å². The van der Waals surface area contributed by atoms with E-state index >= 15 is 0 Å². The summed E-state index contributed by atoms with van der Waals surface area (Å²) in [5.74, 6) is 0. The van der Waals surface area contributed by atoms with E-state index in [2.05, 4.69) is 18.8 Å². The smallest absolute Gasteiger partial charge is 0.0590 e. The second-order valence-corrected chi connectivity index (χ2v) is 3.50. The van der Waals surface area contributed by atoms with Crippen LogP contribution in [0.15, 0.2) is 12.7 Å². The van der Waals surface area contributed by atoms with E-state index in [4.69, 9.17) is 4.74 Å². The molecule has 0 atom stereocenters. The van der Waals surface area contributed by atoms with Gasteiger partial charge in [0.1, 0.15) is 0 Å². The van der Waals surface area contributed by atoms with Crippen molar-refractivity contribution in [2.24, 2.45) is 0 Å². The summed E-state index contributed by atoms with van der Waals surface area (Å²) >= 11 is 0. The van der Waals surface area contributed by atoms with Crippen molar-refractivity contribution in [3.05, 3.63) is 12.7 Å². The van der Waals surface area contributed by atoms with Gasteiger partial charge in [-0.05, 0) is 25.8 Å². The number of unbranched alkanes of at least 4 members (excludes halogenated alkanes) is 3. The summed E-state index contributed by atoms with van der Waals surface area (Å²) in [6.07, 6.45) is 8.00. The molecule has 0 radical (unpaired) electrons. The van der Waals surface area contributed by atoms with E-state index in [0.29, 0.717) is 0 Å². The van der Waals surface area contributed by atoms with Gasteiger partial charge in [-0.15, -0.1) is 6.58 Å². The summed E-state index contributed by atoms with van der Waals surface area (Å²) in [6, 6.07) is 0. The first-order valence-electron chi connectivity index (χ1n) is 5.81. The summed E-state index contributed by atoms with van der Waals surface area (Å²) < 4.78 is 5.43. The highest BCUT2D eigenvalue weighted by atomic mass is 16.5. The van der Waals surface area contributed by atoms with Gasteiger partial charge >= 0.3 is 0 Å². The zero-order valence-corrected chi connectivity index (χ0v) is 9.56. The van der Waals surface area contributed by atoms with Gasteiger partial charge in [0.2, 0.25) is 0 Å². The second-order valence-electron chi connectivity index (χ2n) is 3.50. The maximum Gasteiger partial charge on any atom is 0.0590 e. The Morgan fingerprint density at radius 1 is 1.14 bits per heavy atom. The predicted molar refractivity (Wildman–Crippen MR) is 62.6 cm³/mol. The van der Waals surface area contributed by atoms with E-state index in [1.54, 1.807) is 0 Å². The summed E-state index contributed by atoms with van der Waals surface area (Å²) in [5.41, 5.74) is 0. The molecular formula is C12H25NO. The molecule has 0 saturated heterocycles. The Morgan fingerprint density at radius 2 is 2.00 bits per heavy atom. The number of rotatable bonds is 11. The molecule has 2 heteroatoms. The molecule has 0 bridgehead atoms. The quantitative estimate of drug-likeness (QED) is 0.408. The number of hydrogen-bond donors (Lipinski definition) is 1. The molecule has 84 valence electrons. The Morgan fingerprint density at radius 3 is 2.71 bits per heavy atom. The second kappa shape index (κ2) is 12.7. The van der Waals surface area contributed by atoms with Crippen LogP contribution in [0.2, 0.25) is 0 Å². The van der Waals surface area contributed by atoms with Crippen LogP contribution in [0.5, 0.6) is 0 Å². The lowest BCUT2D eigenvalue weighted by Crippen LogP contribution is -2.21. The molecule has 0 aliphatic rings. The fourth-order valence-electron chi connectivity index (χ4n) is 1.20. The highest BCUT2D eigenvalue weighted by Crippen LogP contribution is 1.91. The highest BCUT2D eigenvalue weighted by Gasteiger charge is 1.89. The molecule has 0 spiro atoms. The molecule has 0 aliphatic heterocycles.